The summed E-state index contributed by atoms with van der Waals surface area (Å²) in [6.45, 7) is 7.19. The average Bonchev–Trinajstić information content (AvgIpc) is 2.29. The lowest BCUT2D eigenvalue weighted by Crippen LogP contribution is -2.27. The van der Waals surface area contributed by atoms with E-state index in [1.54, 1.807) is 52.0 Å². The molecule has 0 aliphatic carbocycles. The van der Waals surface area contributed by atoms with E-state index in [-0.39, 0.29) is 5.91 Å². The Morgan fingerprint density at radius 2 is 1.53 bits per heavy atom. The second kappa shape index (κ2) is 6.22. The summed E-state index contributed by atoms with van der Waals surface area (Å²) in [5.74, 6) is -0.0483. The normalized spacial score (nSPS) is 10.7. The number of anilines is 2. The summed E-state index contributed by atoms with van der Waals surface area (Å²) in [5, 5.41) is 5.35. The molecule has 104 valence electrons. The van der Waals surface area contributed by atoms with E-state index in [0.29, 0.717) is 17.8 Å². The van der Waals surface area contributed by atoms with Crippen LogP contribution in [-0.4, -0.2) is 17.6 Å². The minimum Gasteiger partial charge on any atom is -0.444 e. The fourth-order valence-corrected chi connectivity index (χ4v) is 1.31. The molecule has 0 heterocycles. The molecule has 19 heavy (non-hydrogen) atoms. The Bertz CT molecular complexity index is 447. The zero-order valence-electron chi connectivity index (χ0n) is 11.7. The van der Waals surface area contributed by atoms with Crippen LogP contribution in [0.2, 0.25) is 0 Å². The molecular weight excluding hydrogens is 244 g/mol. The molecule has 0 spiro atoms. The number of carbonyl (C=O) groups is 2. The summed E-state index contributed by atoms with van der Waals surface area (Å²) < 4.78 is 5.13. The van der Waals surface area contributed by atoms with Gasteiger partial charge in [-0.1, -0.05) is 6.92 Å². The maximum absolute atomic E-state index is 11.5. The van der Waals surface area contributed by atoms with Crippen molar-refractivity contribution in [2.75, 3.05) is 10.6 Å². The molecule has 0 aliphatic heterocycles. The molecule has 0 unspecified atom stereocenters. The Morgan fingerprint density at radius 1 is 1.05 bits per heavy atom. The third-order valence-corrected chi connectivity index (χ3v) is 2.14. The summed E-state index contributed by atoms with van der Waals surface area (Å²) in [6, 6.07) is 6.85. The quantitative estimate of drug-likeness (QED) is 0.879. The Morgan fingerprint density at radius 3 is 1.95 bits per heavy atom. The van der Waals surface area contributed by atoms with Gasteiger partial charge >= 0.3 is 6.09 Å². The Kier molecular flexibility index (Phi) is 4.92. The van der Waals surface area contributed by atoms with Crippen molar-refractivity contribution in [2.24, 2.45) is 0 Å². The lowest BCUT2D eigenvalue weighted by Gasteiger charge is -2.19. The first-order chi connectivity index (χ1) is 8.80. The highest BCUT2D eigenvalue weighted by molar-refractivity contribution is 5.91. The Balaban J connectivity index is 2.57. The highest BCUT2D eigenvalue weighted by atomic mass is 16.6. The molecule has 1 rings (SSSR count). The monoisotopic (exact) mass is 264 g/mol. The Labute approximate surface area is 113 Å². The Hall–Kier alpha value is -2.04. The van der Waals surface area contributed by atoms with E-state index in [9.17, 15) is 9.59 Å². The lowest BCUT2D eigenvalue weighted by molar-refractivity contribution is -0.115. The third-order valence-electron chi connectivity index (χ3n) is 2.14. The van der Waals surface area contributed by atoms with Gasteiger partial charge in [-0.15, -0.1) is 0 Å². The topological polar surface area (TPSA) is 67.4 Å². The van der Waals surface area contributed by atoms with Gasteiger partial charge in [0, 0.05) is 17.8 Å². The molecular formula is C14H20N2O3. The van der Waals surface area contributed by atoms with Gasteiger partial charge < -0.3 is 10.1 Å². The smallest absolute Gasteiger partial charge is 0.412 e. The van der Waals surface area contributed by atoms with Crippen LogP contribution >= 0.6 is 0 Å². The first-order valence-electron chi connectivity index (χ1n) is 6.20. The highest BCUT2D eigenvalue weighted by Gasteiger charge is 2.16. The van der Waals surface area contributed by atoms with Crippen LogP contribution in [0.25, 0.3) is 0 Å². The fourth-order valence-electron chi connectivity index (χ4n) is 1.31. The largest absolute Gasteiger partial charge is 0.444 e. The van der Waals surface area contributed by atoms with Crippen molar-refractivity contribution in [3.63, 3.8) is 0 Å². The molecule has 0 bridgehead atoms. The summed E-state index contributed by atoms with van der Waals surface area (Å²) in [7, 11) is 0. The number of benzene rings is 1. The molecule has 0 saturated carbocycles. The minimum atomic E-state index is -0.529. The van der Waals surface area contributed by atoms with Crippen molar-refractivity contribution < 1.29 is 14.3 Å². The number of hydrogen-bond acceptors (Lipinski definition) is 3. The SMILES string of the molecule is CCC(=O)Nc1ccc(NC(=O)OC(C)(C)C)cc1. The zero-order chi connectivity index (χ0) is 14.5. The van der Waals surface area contributed by atoms with Crippen molar-refractivity contribution in [3.05, 3.63) is 24.3 Å². The predicted octanol–water partition coefficient (Wildman–Crippen LogP) is 3.38. The molecule has 5 nitrogen and oxygen atoms in total. The van der Waals surface area contributed by atoms with Crippen LogP contribution in [0, 0.1) is 0 Å². The second-order valence-electron chi connectivity index (χ2n) is 5.11. The third kappa shape index (κ3) is 5.90. The number of ether oxygens (including phenoxy) is 1. The molecule has 0 fully saturated rings. The van der Waals surface area contributed by atoms with Gasteiger partial charge in [0.15, 0.2) is 0 Å². The fraction of sp³-hybridized carbons (Fsp3) is 0.429. The predicted molar refractivity (Wildman–Crippen MR) is 75.2 cm³/mol. The van der Waals surface area contributed by atoms with E-state index in [1.165, 1.54) is 0 Å². The molecule has 0 aromatic heterocycles. The number of amides is 2. The molecule has 0 radical (unpaired) electrons. The number of nitrogens with one attached hydrogen (secondary N) is 2. The van der Waals surface area contributed by atoms with E-state index in [0.717, 1.165) is 0 Å². The van der Waals surface area contributed by atoms with Gasteiger partial charge in [0.05, 0.1) is 0 Å². The van der Waals surface area contributed by atoms with Crippen LogP contribution in [0.5, 0.6) is 0 Å². The van der Waals surface area contributed by atoms with Gasteiger partial charge in [-0.2, -0.15) is 0 Å². The molecule has 1 aromatic rings. The average molecular weight is 264 g/mol. The second-order valence-corrected chi connectivity index (χ2v) is 5.11. The van der Waals surface area contributed by atoms with Gasteiger partial charge in [0.2, 0.25) is 5.91 Å². The molecule has 2 amide bonds. The van der Waals surface area contributed by atoms with Crippen LogP contribution < -0.4 is 10.6 Å². The van der Waals surface area contributed by atoms with Crippen molar-refractivity contribution in [3.8, 4) is 0 Å². The molecule has 0 saturated heterocycles. The molecule has 2 N–H and O–H groups in total. The van der Waals surface area contributed by atoms with E-state index in [4.69, 9.17) is 4.74 Å². The molecule has 0 atom stereocenters. The summed E-state index contributed by atoms with van der Waals surface area (Å²) in [6.07, 6.45) is -0.0735. The summed E-state index contributed by atoms with van der Waals surface area (Å²) in [4.78, 5) is 22.7. The lowest BCUT2D eigenvalue weighted by atomic mass is 10.2. The minimum absolute atomic E-state index is 0.0483. The molecule has 0 aliphatic rings. The van der Waals surface area contributed by atoms with Crippen molar-refractivity contribution in [1.82, 2.24) is 0 Å². The maximum atomic E-state index is 11.5. The van der Waals surface area contributed by atoms with Gasteiger partial charge in [-0.05, 0) is 45.0 Å². The van der Waals surface area contributed by atoms with Crippen LogP contribution in [-0.2, 0) is 9.53 Å². The van der Waals surface area contributed by atoms with Crippen molar-refractivity contribution in [1.29, 1.82) is 0 Å². The van der Waals surface area contributed by atoms with E-state index >= 15 is 0 Å². The molecule has 5 heteroatoms. The van der Waals surface area contributed by atoms with Gasteiger partial charge in [-0.25, -0.2) is 4.79 Å². The van der Waals surface area contributed by atoms with Crippen molar-refractivity contribution >= 4 is 23.4 Å². The number of rotatable bonds is 3. The summed E-state index contributed by atoms with van der Waals surface area (Å²) >= 11 is 0. The standard InChI is InChI=1S/C14H20N2O3/c1-5-12(17)15-10-6-8-11(9-7-10)16-13(18)19-14(2,3)4/h6-9H,5H2,1-4H3,(H,15,17)(H,16,18). The van der Waals surface area contributed by atoms with Crippen LogP contribution in [0.15, 0.2) is 24.3 Å². The zero-order valence-corrected chi connectivity index (χ0v) is 11.7. The van der Waals surface area contributed by atoms with E-state index in [2.05, 4.69) is 10.6 Å². The number of hydrogen-bond donors (Lipinski definition) is 2. The van der Waals surface area contributed by atoms with E-state index < -0.39 is 11.7 Å². The van der Waals surface area contributed by atoms with Crippen LogP contribution in [0.3, 0.4) is 0 Å². The van der Waals surface area contributed by atoms with Gasteiger partial charge in [0.1, 0.15) is 5.60 Å². The first kappa shape index (κ1) is 15.0. The van der Waals surface area contributed by atoms with Crippen molar-refractivity contribution in [2.45, 2.75) is 39.7 Å². The molecule has 1 aromatic carbocycles. The van der Waals surface area contributed by atoms with E-state index in [1.807, 2.05) is 0 Å². The van der Waals surface area contributed by atoms with Gasteiger partial charge in [0.25, 0.3) is 0 Å². The number of carbonyl (C=O) groups excluding carboxylic acids is 2. The first-order valence-corrected chi connectivity index (χ1v) is 6.20. The highest BCUT2D eigenvalue weighted by Crippen LogP contribution is 2.15. The van der Waals surface area contributed by atoms with Crippen LogP contribution in [0.4, 0.5) is 16.2 Å². The van der Waals surface area contributed by atoms with Crippen LogP contribution in [0.1, 0.15) is 34.1 Å². The van der Waals surface area contributed by atoms with Gasteiger partial charge in [-0.3, -0.25) is 10.1 Å². The summed E-state index contributed by atoms with van der Waals surface area (Å²) in [5.41, 5.74) is 0.782. The maximum Gasteiger partial charge on any atom is 0.412 e.